The average molecular weight is 317 g/mol. The van der Waals surface area contributed by atoms with E-state index in [0.29, 0.717) is 23.8 Å². The molecule has 0 aromatic carbocycles. The van der Waals surface area contributed by atoms with Crippen molar-refractivity contribution in [2.45, 2.75) is 33.2 Å². The summed E-state index contributed by atoms with van der Waals surface area (Å²) < 4.78 is 20.7. The number of amides is 1. The van der Waals surface area contributed by atoms with Gasteiger partial charge in [-0.1, -0.05) is 12.1 Å². The normalized spacial score (nSPS) is 12.5. The van der Waals surface area contributed by atoms with E-state index in [-0.39, 0.29) is 5.69 Å². The summed E-state index contributed by atoms with van der Waals surface area (Å²) in [6.45, 7) is 5.41. The molecule has 3 heterocycles. The molecule has 1 amide bonds. The molecule has 0 spiro atoms. The summed E-state index contributed by atoms with van der Waals surface area (Å²) in [6, 6.07) is 2.96. The SMILES string of the molecule is CC[C@@H](NC(=O)c1nc2cc(C)ccn2c1F)c1nc(C)no1. The molecule has 120 valence electrons. The van der Waals surface area contributed by atoms with Gasteiger partial charge < -0.3 is 9.84 Å². The molecule has 3 aromatic rings. The predicted molar refractivity (Wildman–Crippen MR) is 79.4 cm³/mol. The monoisotopic (exact) mass is 317 g/mol. The number of pyridine rings is 1. The Hall–Kier alpha value is -2.77. The summed E-state index contributed by atoms with van der Waals surface area (Å²) in [5.41, 5.74) is 1.06. The van der Waals surface area contributed by atoms with E-state index in [4.69, 9.17) is 4.52 Å². The maximum atomic E-state index is 14.4. The molecule has 0 unspecified atom stereocenters. The first kappa shape index (κ1) is 15.1. The number of carbonyl (C=O) groups excluding carboxylic acids is 1. The molecule has 8 heteroatoms. The number of rotatable bonds is 4. The fourth-order valence-electron chi connectivity index (χ4n) is 2.28. The van der Waals surface area contributed by atoms with Crippen molar-refractivity contribution in [2.75, 3.05) is 0 Å². The maximum Gasteiger partial charge on any atom is 0.275 e. The van der Waals surface area contributed by atoms with Gasteiger partial charge in [-0.3, -0.25) is 9.20 Å². The highest BCUT2D eigenvalue weighted by molar-refractivity contribution is 5.93. The zero-order valence-corrected chi connectivity index (χ0v) is 13.0. The first-order valence-corrected chi connectivity index (χ1v) is 7.25. The van der Waals surface area contributed by atoms with Gasteiger partial charge in [0.25, 0.3) is 5.91 Å². The number of nitrogens with one attached hydrogen (secondary N) is 1. The van der Waals surface area contributed by atoms with Crippen molar-refractivity contribution in [3.05, 3.63) is 47.2 Å². The lowest BCUT2D eigenvalue weighted by Gasteiger charge is -2.11. The molecule has 0 saturated carbocycles. The molecule has 0 fully saturated rings. The summed E-state index contributed by atoms with van der Waals surface area (Å²) >= 11 is 0. The number of carbonyl (C=O) groups is 1. The van der Waals surface area contributed by atoms with E-state index in [1.54, 1.807) is 25.3 Å². The van der Waals surface area contributed by atoms with Crippen molar-refractivity contribution in [3.8, 4) is 0 Å². The second kappa shape index (κ2) is 5.79. The van der Waals surface area contributed by atoms with Crippen LogP contribution in [0.25, 0.3) is 5.65 Å². The third-order valence-electron chi connectivity index (χ3n) is 3.49. The minimum absolute atomic E-state index is 0.259. The van der Waals surface area contributed by atoms with Crippen LogP contribution in [-0.4, -0.2) is 25.4 Å². The van der Waals surface area contributed by atoms with Crippen LogP contribution in [0.2, 0.25) is 0 Å². The summed E-state index contributed by atoms with van der Waals surface area (Å²) in [4.78, 5) is 20.5. The number of aryl methyl sites for hydroxylation is 2. The second-order valence-corrected chi connectivity index (χ2v) is 5.30. The molecule has 0 aliphatic heterocycles. The Bertz CT molecular complexity index is 870. The third kappa shape index (κ3) is 2.79. The molecular weight excluding hydrogens is 301 g/mol. The topological polar surface area (TPSA) is 85.3 Å². The van der Waals surface area contributed by atoms with Crippen LogP contribution in [0.5, 0.6) is 0 Å². The molecule has 3 aromatic heterocycles. The predicted octanol–water partition coefficient (Wildman–Crippen LogP) is 2.35. The summed E-state index contributed by atoms with van der Waals surface area (Å²) in [5, 5.41) is 6.37. The van der Waals surface area contributed by atoms with Gasteiger partial charge in [0.05, 0.1) is 0 Å². The van der Waals surface area contributed by atoms with Gasteiger partial charge in [0.2, 0.25) is 11.8 Å². The summed E-state index contributed by atoms with van der Waals surface area (Å²) in [5.74, 6) is -0.555. The Morgan fingerprint density at radius 2 is 2.22 bits per heavy atom. The molecule has 23 heavy (non-hydrogen) atoms. The van der Waals surface area contributed by atoms with E-state index < -0.39 is 17.9 Å². The molecule has 0 aliphatic carbocycles. The molecule has 3 rings (SSSR count). The molecule has 1 atom stereocenters. The van der Waals surface area contributed by atoms with E-state index in [0.717, 1.165) is 5.56 Å². The number of hydrogen-bond acceptors (Lipinski definition) is 5. The molecule has 0 bridgehead atoms. The van der Waals surface area contributed by atoms with Crippen molar-refractivity contribution in [1.82, 2.24) is 24.8 Å². The summed E-state index contributed by atoms with van der Waals surface area (Å²) in [6.07, 6.45) is 2.07. The quantitative estimate of drug-likeness (QED) is 0.798. The van der Waals surface area contributed by atoms with Crippen molar-refractivity contribution in [3.63, 3.8) is 0 Å². The van der Waals surface area contributed by atoms with Gasteiger partial charge in [-0.2, -0.15) is 9.37 Å². The van der Waals surface area contributed by atoms with Crippen LogP contribution in [0.15, 0.2) is 22.9 Å². The van der Waals surface area contributed by atoms with Crippen LogP contribution in [0.3, 0.4) is 0 Å². The van der Waals surface area contributed by atoms with E-state index in [1.807, 2.05) is 13.8 Å². The van der Waals surface area contributed by atoms with Gasteiger partial charge in [0, 0.05) is 6.20 Å². The zero-order chi connectivity index (χ0) is 16.6. The van der Waals surface area contributed by atoms with Gasteiger partial charge in [-0.05, 0) is 38.0 Å². The Labute approximate surface area is 131 Å². The maximum absolute atomic E-state index is 14.4. The highest BCUT2D eigenvalue weighted by atomic mass is 19.1. The number of halogens is 1. The van der Waals surface area contributed by atoms with Crippen molar-refractivity contribution >= 4 is 11.6 Å². The Morgan fingerprint density at radius 1 is 1.43 bits per heavy atom. The number of fused-ring (bicyclic) bond motifs is 1. The minimum Gasteiger partial charge on any atom is -0.339 e. The second-order valence-electron chi connectivity index (χ2n) is 5.30. The van der Waals surface area contributed by atoms with Gasteiger partial charge in [0.15, 0.2) is 11.5 Å². The molecular formula is C15H16FN5O2. The van der Waals surface area contributed by atoms with Crippen LogP contribution in [-0.2, 0) is 0 Å². The molecule has 7 nitrogen and oxygen atoms in total. The largest absolute Gasteiger partial charge is 0.339 e. The fourth-order valence-corrected chi connectivity index (χ4v) is 2.28. The minimum atomic E-state index is -0.700. The van der Waals surface area contributed by atoms with Gasteiger partial charge >= 0.3 is 0 Å². The van der Waals surface area contributed by atoms with Crippen molar-refractivity contribution in [2.24, 2.45) is 0 Å². The van der Waals surface area contributed by atoms with E-state index >= 15 is 0 Å². The molecule has 0 radical (unpaired) electrons. The first-order valence-electron chi connectivity index (χ1n) is 7.25. The Morgan fingerprint density at radius 3 is 2.87 bits per heavy atom. The van der Waals surface area contributed by atoms with Crippen LogP contribution in [0.4, 0.5) is 4.39 Å². The third-order valence-corrected chi connectivity index (χ3v) is 3.49. The standard InChI is InChI=1S/C15H16FN5O2/c1-4-10(15-17-9(3)20-23-15)18-14(22)12-13(16)21-6-5-8(2)7-11(21)19-12/h5-7,10H,4H2,1-3H3,(H,18,22)/t10-/m1/s1. The lowest BCUT2D eigenvalue weighted by Crippen LogP contribution is -2.29. The lowest BCUT2D eigenvalue weighted by molar-refractivity contribution is 0.0918. The van der Waals surface area contributed by atoms with Gasteiger partial charge in [-0.15, -0.1) is 0 Å². The first-order chi connectivity index (χ1) is 11.0. The average Bonchev–Trinajstić information content (AvgIpc) is 3.08. The van der Waals surface area contributed by atoms with Gasteiger partial charge in [-0.25, -0.2) is 4.98 Å². The smallest absolute Gasteiger partial charge is 0.275 e. The van der Waals surface area contributed by atoms with Crippen LogP contribution in [0.1, 0.15) is 47.2 Å². The highest BCUT2D eigenvalue weighted by Crippen LogP contribution is 2.17. The fraction of sp³-hybridized carbons (Fsp3) is 0.333. The summed E-state index contributed by atoms with van der Waals surface area (Å²) in [7, 11) is 0. The number of nitrogens with zero attached hydrogens (tertiary/aromatic N) is 4. The number of imidazole rings is 1. The van der Waals surface area contributed by atoms with Crippen LogP contribution in [0, 0.1) is 19.8 Å². The van der Waals surface area contributed by atoms with Gasteiger partial charge in [0.1, 0.15) is 11.7 Å². The highest BCUT2D eigenvalue weighted by Gasteiger charge is 2.24. The molecule has 0 saturated heterocycles. The Balaban J connectivity index is 1.89. The number of aromatic nitrogens is 4. The van der Waals surface area contributed by atoms with Crippen molar-refractivity contribution in [1.29, 1.82) is 0 Å². The zero-order valence-electron chi connectivity index (χ0n) is 13.0. The molecule has 0 aliphatic rings. The van der Waals surface area contributed by atoms with E-state index in [2.05, 4.69) is 20.4 Å². The van der Waals surface area contributed by atoms with Crippen LogP contribution < -0.4 is 5.32 Å². The lowest BCUT2D eigenvalue weighted by atomic mass is 10.2. The van der Waals surface area contributed by atoms with Crippen LogP contribution >= 0.6 is 0 Å². The molecule has 1 N–H and O–H groups in total. The van der Waals surface area contributed by atoms with Crippen molar-refractivity contribution < 1.29 is 13.7 Å². The van der Waals surface area contributed by atoms with E-state index in [1.165, 1.54) is 4.40 Å². The number of hydrogen-bond donors (Lipinski definition) is 1. The Kier molecular flexibility index (Phi) is 3.81. The van der Waals surface area contributed by atoms with E-state index in [9.17, 15) is 9.18 Å².